The molecule has 2 heterocycles. The van der Waals surface area contributed by atoms with Gasteiger partial charge in [-0.05, 0) is 64.7 Å². The number of aromatic nitrogens is 2. The van der Waals surface area contributed by atoms with Crippen LogP contribution in [0.5, 0.6) is 5.75 Å². The lowest BCUT2D eigenvalue weighted by Gasteiger charge is -2.36. The van der Waals surface area contributed by atoms with Crippen molar-refractivity contribution >= 4 is 29.4 Å². The minimum atomic E-state index is -4.68. The van der Waals surface area contributed by atoms with Gasteiger partial charge in [0, 0.05) is 62.4 Å². The van der Waals surface area contributed by atoms with Gasteiger partial charge < -0.3 is 14.2 Å². The molecular weight excluding hydrogens is 525 g/mol. The van der Waals surface area contributed by atoms with Crippen LogP contribution in [0.25, 0.3) is 12.2 Å². The van der Waals surface area contributed by atoms with Crippen LogP contribution in [-0.2, 0) is 13.1 Å². The Bertz CT molecular complexity index is 1400. The Hall–Kier alpha value is -3.75. The molecule has 0 unspecified atom stereocenters. The van der Waals surface area contributed by atoms with Gasteiger partial charge >= 0.3 is 6.36 Å². The monoisotopic (exact) mass is 552 g/mol. The second kappa shape index (κ2) is 12.0. The van der Waals surface area contributed by atoms with Gasteiger partial charge in [-0.25, -0.2) is 4.98 Å². The number of rotatable bonds is 8. The number of alkyl halides is 3. The standard InChI is InChI=1S/C30H28ClF3N4O/c31-27-17-24(16-26(18-27)21-37-11-10-35-22-37)5-4-23-6-8-28(9-7-23)38-14-12-36(13-15-38)20-25-2-1-3-29(19-25)39-30(32,33)34/h1-11,16-19,22H,12-15,20-21H2/b5-4+. The Morgan fingerprint density at radius 3 is 2.33 bits per heavy atom. The maximum absolute atomic E-state index is 12.5. The molecule has 3 aromatic carbocycles. The summed E-state index contributed by atoms with van der Waals surface area (Å²) in [6.07, 6.45) is 4.92. The summed E-state index contributed by atoms with van der Waals surface area (Å²) in [5.41, 5.74) is 5.19. The van der Waals surface area contributed by atoms with Gasteiger partial charge in [0.25, 0.3) is 0 Å². The smallest absolute Gasteiger partial charge is 0.406 e. The summed E-state index contributed by atoms with van der Waals surface area (Å²) in [6.45, 7) is 4.62. The maximum Gasteiger partial charge on any atom is 0.573 e. The lowest BCUT2D eigenvalue weighted by molar-refractivity contribution is -0.274. The van der Waals surface area contributed by atoms with Gasteiger partial charge in [0.05, 0.1) is 6.33 Å². The van der Waals surface area contributed by atoms with Gasteiger partial charge in [0.15, 0.2) is 0 Å². The second-order valence-electron chi connectivity index (χ2n) is 9.51. The normalized spacial score (nSPS) is 14.7. The van der Waals surface area contributed by atoms with E-state index in [1.807, 2.05) is 29.0 Å². The van der Waals surface area contributed by atoms with Crippen LogP contribution in [-0.4, -0.2) is 47.0 Å². The number of piperazine rings is 1. The number of nitrogens with zero attached hydrogens (tertiary/aromatic N) is 4. The number of anilines is 1. The Labute approximate surface area is 230 Å². The van der Waals surface area contributed by atoms with E-state index in [9.17, 15) is 13.2 Å². The molecule has 0 radical (unpaired) electrons. The molecule has 39 heavy (non-hydrogen) atoms. The first-order valence-corrected chi connectivity index (χ1v) is 13.0. The Kier molecular flexibility index (Phi) is 8.24. The number of benzene rings is 3. The molecule has 1 aliphatic rings. The average molecular weight is 553 g/mol. The first kappa shape index (κ1) is 26.8. The molecule has 0 amide bonds. The summed E-state index contributed by atoms with van der Waals surface area (Å²) >= 11 is 6.35. The fraction of sp³-hybridized carbons (Fsp3) is 0.233. The highest BCUT2D eigenvalue weighted by Gasteiger charge is 2.31. The second-order valence-corrected chi connectivity index (χ2v) is 9.95. The molecule has 5 rings (SSSR count). The molecule has 1 aliphatic heterocycles. The van der Waals surface area contributed by atoms with Crippen molar-refractivity contribution in [1.82, 2.24) is 14.5 Å². The summed E-state index contributed by atoms with van der Waals surface area (Å²) < 4.78 is 43.6. The lowest BCUT2D eigenvalue weighted by atomic mass is 10.1. The van der Waals surface area contributed by atoms with Crippen molar-refractivity contribution in [3.63, 3.8) is 0 Å². The minimum absolute atomic E-state index is 0.182. The van der Waals surface area contributed by atoms with Crippen molar-refractivity contribution in [2.45, 2.75) is 19.5 Å². The van der Waals surface area contributed by atoms with Crippen molar-refractivity contribution in [3.8, 4) is 5.75 Å². The van der Waals surface area contributed by atoms with Gasteiger partial charge in [-0.1, -0.05) is 48.0 Å². The molecular formula is C30H28ClF3N4O. The third-order valence-corrected chi connectivity index (χ3v) is 6.76. The van der Waals surface area contributed by atoms with Crippen molar-refractivity contribution in [2.24, 2.45) is 0 Å². The average Bonchev–Trinajstić information content (AvgIpc) is 3.40. The Morgan fingerprint density at radius 1 is 0.846 bits per heavy atom. The molecule has 0 atom stereocenters. The van der Waals surface area contributed by atoms with E-state index in [0.717, 1.165) is 54.1 Å². The van der Waals surface area contributed by atoms with E-state index >= 15 is 0 Å². The maximum atomic E-state index is 12.5. The van der Waals surface area contributed by atoms with Gasteiger partial charge in [0.2, 0.25) is 0 Å². The molecule has 0 bridgehead atoms. The molecule has 0 spiro atoms. The minimum Gasteiger partial charge on any atom is -0.406 e. The summed E-state index contributed by atoms with van der Waals surface area (Å²) in [5.74, 6) is -0.182. The number of imidazole rings is 1. The highest BCUT2D eigenvalue weighted by atomic mass is 35.5. The zero-order valence-corrected chi connectivity index (χ0v) is 21.9. The topological polar surface area (TPSA) is 33.5 Å². The molecule has 5 nitrogen and oxygen atoms in total. The van der Waals surface area contributed by atoms with Crippen LogP contribution >= 0.6 is 11.6 Å². The third-order valence-electron chi connectivity index (χ3n) is 6.54. The third kappa shape index (κ3) is 7.88. The van der Waals surface area contributed by atoms with Crippen LogP contribution in [0, 0.1) is 0 Å². The van der Waals surface area contributed by atoms with Gasteiger partial charge in [0.1, 0.15) is 5.75 Å². The van der Waals surface area contributed by atoms with E-state index in [4.69, 9.17) is 11.6 Å². The molecule has 1 saturated heterocycles. The molecule has 0 saturated carbocycles. The van der Waals surface area contributed by atoms with Crippen LogP contribution < -0.4 is 9.64 Å². The van der Waals surface area contributed by atoms with E-state index in [0.29, 0.717) is 18.1 Å². The molecule has 202 valence electrons. The number of hydrogen-bond donors (Lipinski definition) is 0. The molecule has 1 aromatic heterocycles. The van der Waals surface area contributed by atoms with Crippen molar-refractivity contribution in [2.75, 3.05) is 31.1 Å². The van der Waals surface area contributed by atoms with Crippen LogP contribution in [0.15, 0.2) is 85.5 Å². The SMILES string of the molecule is FC(F)(F)Oc1cccc(CN2CCN(c3ccc(/C=C/c4cc(Cl)cc(Cn5ccnc5)c4)cc3)CC2)c1. The van der Waals surface area contributed by atoms with E-state index in [-0.39, 0.29) is 5.75 Å². The van der Waals surface area contributed by atoms with Crippen LogP contribution in [0.1, 0.15) is 22.3 Å². The largest absolute Gasteiger partial charge is 0.573 e. The fourth-order valence-corrected chi connectivity index (χ4v) is 4.97. The van der Waals surface area contributed by atoms with Crippen LogP contribution in [0.2, 0.25) is 5.02 Å². The number of halogens is 4. The van der Waals surface area contributed by atoms with E-state index < -0.39 is 6.36 Å². The summed E-state index contributed by atoms with van der Waals surface area (Å²) in [4.78, 5) is 8.66. The van der Waals surface area contributed by atoms with E-state index in [2.05, 4.69) is 62.0 Å². The molecule has 4 aromatic rings. The summed E-state index contributed by atoms with van der Waals surface area (Å²) in [7, 11) is 0. The predicted molar refractivity (Wildman–Crippen MR) is 149 cm³/mol. The highest BCUT2D eigenvalue weighted by molar-refractivity contribution is 6.30. The number of ether oxygens (including phenoxy) is 1. The Balaban J connectivity index is 1.14. The van der Waals surface area contributed by atoms with Crippen LogP contribution in [0.3, 0.4) is 0 Å². The van der Waals surface area contributed by atoms with Crippen LogP contribution in [0.4, 0.5) is 18.9 Å². The van der Waals surface area contributed by atoms with Crippen molar-refractivity contribution in [3.05, 3.63) is 113 Å². The van der Waals surface area contributed by atoms with Crippen molar-refractivity contribution < 1.29 is 17.9 Å². The first-order valence-electron chi connectivity index (χ1n) is 12.6. The molecule has 1 fully saturated rings. The quantitative estimate of drug-likeness (QED) is 0.221. The molecule has 9 heteroatoms. The van der Waals surface area contributed by atoms with Gasteiger partial charge in [-0.3, -0.25) is 4.90 Å². The Morgan fingerprint density at radius 2 is 1.62 bits per heavy atom. The highest BCUT2D eigenvalue weighted by Crippen LogP contribution is 2.25. The zero-order valence-electron chi connectivity index (χ0n) is 21.2. The molecule has 0 N–H and O–H groups in total. The van der Waals surface area contributed by atoms with Crippen molar-refractivity contribution in [1.29, 1.82) is 0 Å². The van der Waals surface area contributed by atoms with Gasteiger partial charge in [-0.15, -0.1) is 13.2 Å². The number of hydrogen-bond acceptors (Lipinski definition) is 4. The first-order chi connectivity index (χ1) is 18.8. The predicted octanol–water partition coefficient (Wildman–Crippen LogP) is 6.98. The zero-order chi connectivity index (χ0) is 27.2. The summed E-state index contributed by atoms with van der Waals surface area (Å²) in [6, 6.07) is 20.7. The lowest BCUT2D eigenvalue weighted by Crippen LogP contribution is -2.45. The van der Waals surface area contributed by atoms with E-state index in [1.165, 1.54) is 12.1 Å². The summed E-state index contributed by atoms with van der Waals surface area (Å²) in [5, 5.41) is 0.698. The van der Waals surface area contributed by atoms with E-state index in [1.54, 1.807) is 18.6 Å². The van der Waals surface area contributed by atoms with Gasteiger partial charge in [-0.2, -0.15) is 0 Å². The fourth-order valence-electron chi connectivity index (χ4n) is 4.71. The molecule has 0 aliphatic carbocycles.